The average molecular weight is 409 g/mol. The second-order valence-corrected chi connectivity index (χ2v) is 8.77. The molecular formula is C27H36O3. The van der Waals surface area contributed by atoms with Gasteiger partial charge in [-0.2, -0.15) is 0 Å². The highest BCUT2D eigenvalue weighted by Gasteiger charge is 2.26. The summed E-state index contributed by atoms with van der Waals surface area (Å²) in [6, 6.07) is 12.4. The van der Waals surface area contributed by atoms with Crippen molar-refractivity contribution < 1.29 is 14.3 Å². The molecule has 1 aliphatic carbocycles. The van der Waals surface area contributed by atoms with E-state index in [1.165, 1.54) is 32.1 Å². The van der Waals surface area contributed by atoms with Crippen LogP contribution in [0.1, 0.15) is 89.4 Å². The number of unbranched alkanes of at least 4 members (excludes halogenated alkanes) is 6. The number of rotatable bonds is 12. The van der Waals surface area contributed by atoms with Crippen LogP contribution >= 0.6 is 0 Å². The molecule has 0 heterocycles. The van der Waals surface area contributed by atoms with E-state index in [0.29, 0.717) is 18.9 Å². The van der Waals surface area contributed by atoms with Gasteiger partial charge in [-0.1, -0.05) is 95.7 Å². The predicted molar refractivity (Wildman–Crippen MR) is 124 cm³/mol. The summed E-state index contributed by atoms with van der Waals surface area (Å²) in [6.07, 6.45) is 10.4. The minimum Gasteiger partial charge on any atom is -0.493 e. The Kier molecular flexibility index (Phi) is 8.36. The molecule has 0 aliphatic heterocycles. The van der Waals surface area contributed by atoms with Crippen molar-refractivity contribution in [3.63, 3.8) is 0 Å². The van der Waals surface area contributed by atoms with Crippen LogP contribution < -0.4 is 0 Å². The summed E-state index contributed by atoms with van der Waals surface area (Å²) >= 11 is 0. The number of carbonyl (C=O) groups excluding carboxylic acids is 1. The zero-order valence-corrected chi connectivity index (χ0v) is 18.8. The minimum absolute atomic E-state index is 0.121. The summed E-state index contributed by atoms with van der Waals surface area (Å²) in [7, 11) is 0. The van der Waals surface area contributed by atoms with Crippen molar-refractivity contribution in [3.8, 4) is 0 Å². The number of carbonyl (C=O) groups is 1. The molecule has 0 fully saturated rings. The van der Waals surface area contributed by atoms with Crippen molar-refractivity contribution in [3.05, 3.63) is 53.6 Å². The lowest BCUT2D eigenvalue weighted by Gasteiger charge is -2.26. The number of esters is 1. The molecule has 3 rings (SSSR count). The van der Waals surface area contributed by atoms with Crippen LogP contribution in [0.2, 0.25) is 0 Å². The molecule has 0 aromatic heterocycles. The standard InChI is InChI=1S/C27H36O3/c1-4-5-6-7-8-9-10-17-26(28)30-25-18-24(29-19-20(2)3)22-15-11-13-21-14-12-16-23(25)27(21)22/h11-16,18,20,25H,4-10,17,19H2,1-3H3. The lowest BCUT2D eigenvalue weighted by atomic mass is 9.90. The third-order valence-electron chi connectivity index (χ3n) is 5.63. The van der Waals surface area contributed by atoms with Crippen molar-refractivity contribution in [2.75, 3.05) is 6.61 Å². The van der Waals surface area contributed by atoms with Gasteiger partial charge >= 0.3 is 5.97 Å². The third-order valence-corrected chi connectivity index (χ3v) is 5.63. The maximum absolute atomic E-state index is 12.6. The van der Waals surface area contributed by atoms with Crippen molar-refractivity contribution >= 4 is 22.5 Å². The molecule has 0 N–H and O–H groups in total. The van der Waals surface area contributed by atoms with Gasteiger partial charge in [0.2, 0.25) is 0 Å². The van der Waals surface area contributed by atoms with Gasteiger partial charge in [-0.25, -0.2) is 0 Å². The molecule has 162 valence electrons. The Hall–Kier alpha value is -2.29. The molecular weight excluding hydrogens is 372 g/mol. The highest BCUT2D eigenvalue weighted by atomic mass is 16.5. The van der Waals surface area contributed by atoms with E-state index in [1.807, 2.05) is 12.1 Å². The Labute approximate surface area is 181 Å². The molecule has 1 unspecified atom stereocenters. The molecule has 0 saturated carbocycles. The first-order valence-corrected chi connectivity index (χ1v) is 11.7. The van der Waals surface area contributed by atoms with Gasteiger partial charge < -0.3 is 9.47 Å². The summed E-state index contributed by atoms with van der Waals surface area (Å²) in [4.78, 5) is 12.6. The topological polar surface area (TPSA) is 35.5 Å². The van der Waals surface area contributed by atoms with E-state index in [4.69, 9.17) is 9.47 Å². The Morgan fingerprint density at radius 1 is 0.967 bits per heavy atom. The Bertz CT molecular complexity index is 860. The maximum Gasteiger partial charge on any atom is 0.306 e. The number of hydrogen-bond acceptors (Lipinski definition) is 3. The molecule has 0 saturated heterocycles. The quantitative estimate of drug-likeness (QED) is 0.268. The zero-order chi connectivity index (χ0) is 21.3. The van der Waals surface area contributed by atoms with Gasteiger partial charge in [0.1, 0.15) is 11.9 Å². The molecule has 0 amide bonds. The van der Waals surface area contributed by atoms with E-state index < -0.39 is 0 Å². The molecule has 0 bridgehead atoms. The summed E-state index contributed by atoms with van der Waals surface area (Å²) in [5.41, 5.74) is 2.14. The van der Waals surface area contributed by atoms with E-state index in [9.17, 15) is 4.79 Å². The Balaban J connectivity index is 1.66. The van der Waals surface area contributed by atoms with E-state index in [0.717, 1.165) is 40.5 Å². The Morgan fingerprint density at radius 3 is 2.40 bits per heavy atom. The fourth-order valence-corrected chi connectivity index (χ4v) is 4.04. The van der Waals surface area contributed by atoms with E-state index in [2.05, 4.69) is 51.1 Å². The van der Waals surface area contributed by atoms with Crippen LogP contribution in [0.25, 0.3) is 16.5 Å². The summed E-state index contributed by atoms with van der Waals surface area (Å²) in [6.45, 7) is 7.15. The maximum atomic E-state index is 12.6. The average Bonchev–Trinajstić information content (AvgIpc) is 2.74. The third kappa shape index (κ3) is 5.87. The number of hydrogen-bond donors (Lipinski definition) is 0. The van der Waals surface area contributed by atoms with E-state index >= 15 is 0 Å². The van der Waals surface area contributed by atoms with Crippen LogP contribution in [0, 0.1) is 5.92 Å². The molecule has 2 aromatic rings. The lowest BCUT2D eigenvalue weighted by molar-refractivity contribution is -0.147. The molecule has 0 radical (unpaired) electrons. The van der Waals surface area contributed by atoms with Crippen LogP contribution in [-0.4, -0.2) is 12.6 Å². The predicted octanol–water partition coefficient (Wildman–Crippen LogP) is 7.59. The molecule has 1 atom stereocenters. The van der Waals surface area contributed by atoms with Crippen LogP contribution in [0.15, 0.2) is 42.5 Å². The van der Waals surface area contributed by atoms with Crippen molar-refractivity contribution in [1.82, 2.24) is 0 Å². The fourth-order valence-electron chi connectivity index (χ4n) is 4.04. The highest BCUT2D eigenvalue weighted by Crippen LogP contribution is 2.40. The van der Waals surface area contributed by atoms with Gasteiger partial charge in [0.05, 0.1) is 6.61 Å². The van der Waals surface area contributed by atoms with Crippen molar-refractivity contribution in [2.24, 2.45) is 5.92 Å². The lowest BCUT2D eigenvalue weighted by Crippen LogP contribution is -2.15. The van der Waals surface area contributed by atoms with Gasteiger partial charge in [0, 0.05) is 23.6 Å². The first-order valence-electron chi connectivity index (χ1n) is 11.7. The van der Waals surface area contributed by atoms with Crippen molar-refractivity contribution in [1.29, 1.82) is 0 Å². The molecule has 0 spiro atoms. The smallest absolute Gasteiger partial charge is 0.306 e. The fraction of sp³-hybridized carbons (Fsp3) is 0.519. The van der Waals surface area contributed by atoms with Crippen LogP contribution in [0.4, 0.5) is 0 Å². The largest absolute Gasteiger partial charge is 0.493 e. The summed E-state index contributed by atoms with van der Waals surface area (Å²) in [5, 5.41) is 2.28. The molecule has 1 aliphatic rings. The molecule has 3 heteroatoms. The Morgan fingerprint density at radius 2 is 1.67 bits per heavy atom. The van der Waals surface area contributed by atoms with Gasteiger partial charge in [0.25, 0.3) is 0 Å². The molecule has 3 nitrogen and oxygen atoms in total. The minimum atomic E-state index is -0.386. The summed E-state index contributed by atoms with van der Waals surface area (Å²) < 4.78 is 12.0. The normalized spacial score (nSPS) is 15.3. The highest BCUT2D eigenvalue weighted by molar-refractivity contribution is 5.97. The van der Waals surface area contributed by atoms with Gasteiger partial charge in [0.15, 0.2) is 0 Å². The number of benzene rings is 2. The second kappa shape index (κ2) is 11.2. The SMILES string of the molecule is CCCCCCCCCC(=O)OC1C=C(OCC(C)C)c2cccc3cccc1c23. The monoisotopic (exact) mass is 408 g/mol. The van der Waals surface area contributed by atoms with Crippen LogP contribution in [0.3, 0.4) is 0 Å². The van der Waals surface area contributed by atoms with Gasteiger partial charge in [-0.05, 0) is 23.1 Å². The first kappa shape index (κ1) is 22.4. The first-order chi connectivity index (χ1) is 14.6. The van der Waals surface area contributed by atoms with E-state index in [-0.39, 0.29) is 12.1 Å². The second-order valence-electron chi connectivity index (χ2n) is 8.77. The molecule has 2 aromatic carbocycles. The van der Waals surface area contributed by atoms with Gasteiger partial charge in [-0.15, -0.1) is 0 Å². The van der Waals surface area contributed by atoms with Crippen molar-refractivity contribution in [2.45, 2.75) is 78.2 Å². The molecule has 30 heavy (non-hydrogen) atoms. The number of ether oxygens (including phenoxy) is 2. The van der Waals surface area contributed by atoms with Gasteiger partial charge in [-0.3, -0.25) is 4.79 Å². The van der Waals surface area contributed by atoms with Crippen LogP contribution in [0.5, 0.6) is 0 Å². The zero-order valence-electron chi connectivity index (χ0n) is 18.8. The van der Waals surface area contributed by atoms with Crippen LogP contribution in [-0.2, 0) is 14.3 Å². The van der Waals surface area contributed by atoms with E-state index in [1.54, 1.807) is 0 Å². The summed E-state index contributed by atoms with van der Waals surface area (Å²) in [5.74, 6) is 1.13.